The number of ether oxygens (including phenoxy) is 2. The van der Waals surface area contributed by atoms with E-state index in [1.807, 2.05) is 12.4 Å². The first-order valence-corrected chi connectivity index (χ1v) is 14.7. The quantitative estimate of drug-likeness (QED) is 0.387. The molecule has 1 aliphatic rings. The van der Waals surface area contributed by atoms with Crippen molar-refractivity contribution < 1.29 is 22.7 Å². The molecule has 0 spiro atoms. The molecule has 1 amide bonds. The van der Waals surface area contributed by atoms with Crippen LogP contribution in [0.2, 0.25) is 5.02 Å². The number of carbonyl (C=O) groups excluding carboxylic acids is 1. The molecule has 3 aromatic rings. The van der Waals surface area contributed by atoms with Crippen molar-refractivity contribution in [3.63, 3.8) is 0 Å². The van der Waals surface area contributed by atoms with Crippen LogP contribution in [0.1, 0.15) is 35.4 Å². The van der Waals surface area contributed by atoms with Crippen LogP contribution in [0.15, 0.2) is 52.9 Å². The molecule has 1 saturated heterocycles. The monoisotopic (exact) mass is 563 g/mol. The largest absolute Gasteiger partial charge is 0.493 e. The van der Waals surface area contributed by atoms with Gasteiger partial charge in [-0.25, -0.2) is 13.4 Å². The highest BCUT2D eigenvalue weighted by Gasteiger charge is 2.37. The van der Waals surface area contributed by atoms with Gasteiger partial charge in [0.1, 0.15) is 10.9 Å². The van der Waals surface area contributed by atoms with Gasteiger partial charge in [-0.15, -0.1) is 11.3 Å². The maximum atomic E-state index is 13.8. The van der Waals surface area contributed by atoms with Crippen molar-refractivity contribution in [2.45, 2.75) is 50.1 Å². The standard InChI is InChI=1S/C26H30ClN3O5S2/c1-18-24(36-17-29-18)12-14-35-22-11-10-19(15-23(22)34-2)16-30(21-8-5-6-13-28-26(21)31)37(32,33)25-9-4-3-7-20(25)27/h3-4,7,9-11,15,17,21H,5-6,8,12-14,16H2,1-2H3,(H,28,31)/t21-/m0/s1. The molecule has 0 bridgehead atoms. The Morgan fingerprint density at radius 1 is 1.19 bits per heavy atom. The number of benzene rings is 2. The fourth-order valence-corrected chi connectivity index (χ4v) is 7.13. The number of rotatable bonds is 10. The Morgan fingerprint density at radius 3 is 2.73 bits per heavy atom. The topological polar surface area (TPSA) is 97.8 Å². The molecule has 1 atom stereocenters. The molecule has 0 saturated carbocycles. The summed E-state index contributed by atoms with van der Waals surface area (Å²) in [5.41, 5.74) is 3.48. The maximum Gasteiger partial charge on any atom is 0.245 e. The first-order chi connectivity index (χ1) is 17.8. The van der Waals surface area contributed by atoms with Gasteiger partial charge in [0.25, 0.3) is 0 Å². The molecule has 8 nitrogen and oxygen atoms in total. The first-order valence-electron chi connectivity index (χ1n) is 12.0. The van der Waals surface area contributed by atoms with Crippen molar-refractivity contribution in [1.29, 1.82) is 0 Å². The molecular formula is C26H30ClN3O5S2. The van der Waals surface area contributed by atoms with Crippen molar-refractivity contribution in [2.24, 2.45) is 0 Å². The predicted octanol–water partition coefficient (Wildman–Crippen LogP) is 4.59. The average molecular weight is 564 g/mol. The summed E-state index contributed by atoms with van der Waals surface area (Å²) in [6.45, 7) is 2.92. The number of aryl methyl sites for hydroxylation is 1. The minimum absolute atomic E-state index is 0.0255. The number of thiazole rings is 1. The normalized spacial score (nSPS) is 16.3. The summed E-state index contributed by atoms with van der Waals surface area (Å²) in [7, 11) is -2.55. The Morgan fingerprint density at radius 2 is 2.00 bits per heavy atom. The number of sulfonamides is 1. The second-order valence-corrected chi connectivity index (χ2v) is 11.9. The Labute approximate surface area is 226 Å². The minimum atomic E-state index is -4.09. The molecule has 2 aromatic carbocycles. The zero-order chi connectivity index (χ0) is 26.4. The summed E-state index contributed by atoms with van der Waals surface area (Å²) in [4.78, 5) is 18.3. The zero-order valence-corrected chi connectivity index (χ0v) is 23.2. The molecule has 4 rings (SSSR count). The number of hydrogen-bond acceptors (Lipinski definition) is 7. The van der Waals surface area contributed by atoms with Crippen LogP contribution in [-0.2, 0) is 27.8 Å². The number of nitrogens with zero attached hydrogens (tertiary/aromatic N) is 2. The maximum absolute atomic E-state index is 13.8. The van der Waals surface area contributed by atoms with Gasteiger partial charge in [-0.2, -0.15) is 4.31 Å². The van der Waals surface area contributed by atoms with E-state index in [1.54, 1.807) is 41.7 Å². The van der Waals surface area contributed by atoms with Gasteiger partial charge in [0, 0.05) is 24.4 Å². The number of amides is 1. The van der Waals surface area contributed by atoms with Gasteiger partial charge in [0.15, 0.2) is 11.5 Å². The molecule has 198 valence electrons. The van der Waals surface area contributed by atoms with Gasteiger partial charge in [-0.05, 0) is 56.0 Å². The Hall–Kier alpha value is -2.66. The second kappa shape index (κ2) is 12.3. The molecule has 1 fully saturated rings. The first kappa shape index (κ1) is 27.4. The summed E-state index contributed by atoms with van der Waals surface area (Å²) < 4.78 is 40.4. The van der Waals surface area contributed by atoms with Crippen LogP contribution in [0.25, 0.3) is 0 Å². The summed E-state index contributed by atoms with van der Waals surface area (Å²) in [5.74, 6) is 0.735. The van der Waals surface area contributed by atoms with E-state index >= 15 is 0 Å². The summed E-state index contributed by atoms with van der Waals surface area (Å²) in [6.07, 6.45) is 2.67. The van der Waals surface area contributed by atoms with Crippen LogP contribution < -0.4 is 14.8 Å². The highest BCUT2D eigenvalue weighted by molar-refractivity contribution is 7.89. The van der Waals surface area contributed by atoms with E-state index in [0.717, 1.165) is 29.8 Å². The van der Waals surface area contributed by atoms with Crippen LogP contribution in [0.5, 0.6) is 11.5 Å². The molecule has 0 unspecified atom stereocenters. The number of nitrogens with one attached hydrogen (secondary N) is 1. The lowest BCUT2D eigenvalue weighted by Gasteiger charge is -2.29. The molecule has 37 heavy (non-hydrogen) atoms. The van der Waals surface area contributed by atoms with Crippen LogP contribution >= 0.6 is 22.9 Å². The Kier molecular flexibility index (Phi) is 9.07. The lowest BCUT2D eigenvalue weighted by molar-refractivity contribution is -0.124. The number of carbonyl (C=O) groups is 1. The number of hydrogen-bond donors (Lipinski definition) is 1. The second-order valence-electron chi connectivity index (χ2n) is 8.73. The zero-order valence-electron chi connectivity index (χ0n) is 20.8. The van der Waals surface area contributed by atoms with E-state index in [2.05, 4.69) is 10.3 Å². The van der Waals surface area contributed by atoms with Gasteiger partial charge < -0.3 is 14.8 Å². The molecule has 2 heterocycles. The highest BCUT2D eigenvalue weighted by atomic mass is 35.5. The van der Waals surface area contributed by atoms with Crippen molar-refractivity contribution in [1.82, 2.24) is 14.6 Å². The molecule has 11 heteroatoms. The average Bonchev–Trinajstić information content (AvgIpc) is 3.17. The van der Waals surface area contributed by atoms with Gasteiger partial charge in [0.05, 0.1) is 29.9 Å². The third kappa shape index (κ3) is 6.43. The van der Waals surface area contributed by atoms with Gasteiger partial charge in [-0.3, -0.25) is 4.79 Å². The fourth-order valence-electron chi connectivity index (χ4n) is 4.27. The SMILES string of the molecule is COc1cc(CN([C@H]2CCCCNC2=O)S(=O)(=O)c2ccccc2Cl)ccc1OCCc1scnc1C. The number of aromatic nitrogens is 1. The summed E-state index contributed by atoms with van der Waals surface area (Å²) in [5, 5.41) is 2.95. The fraction of sp³-hybridized carbons (Fsp3) is 0.385. The summed E-state index contributed by atoms with van der Waals surface area (Å²) in [6, 6.07) is 10.7. The van der Waals surface area contributed by atoms with E-state index in [0.29, 0.717) is 36.6 Å². The van der Waals surface area contributed by atoms with Gasteiger partial charge >= 0.3 is 0 Å². The number of halogens is 1. The highest BCUT2D eigenvalue weighted by Crippen LogP contribution is 2.32. The van der Waals surface area contributed by atoms with Gasteiger partial charge in [-0.1, -0.05) is 29.8 Å². The lowest BCUT2D eigenvalue weighted by atomic mass is 10.1. The summed E-state index contributed by atoms with van der Waals surface area (Å²) >= 11 is 7.87. The van der Waals surface area contributed by atoms with E-state index in [-0.39, 0.29) is 22.4 Å². The smallest absolute Gasteiger partial charge is 0.245 e. The van der Waals surface area contributed by atoms with Gasteiger partial charge in [0.2, 0.25) is 15.9 Å². The van der Waals surface area contributed by atoms with E-state index in [1.165, 1.54) is 23.5 Å². The molecular weight excluding hydrogens is 534 g/mol. The van der Waals surface area contributed by atoms with Crippen LogP contribution in [0, 0.1) is 6.92 Å². The van der Waals surface area contributed by atoms with Crippen molar-refractivity contribution in [3.8, 4) is 11.5 Å². The van der Waals surface area contributed by atoms with Crippen LogP contribution in [-0.4, -0.2) is 49.9 Å². The Bertz CT molecular complexity index is 1350. The van der Waals surface area contributed by atoms with E-state index in [4.69, 9.17) is 21.1 Å². The minimum Gasteiger partial charge on any atom is -0.493 e. The van der Waals surface area contributed by atoms with Crippen molar-refractivity contribution in [2.75, 3.05) is 20.3 Å². The van der Waals surface area contributed by atoms with Crippen LogP contribution in [0.4, 0.5) is 0 Å². The molecule has 1 aliphatic heterocycles. The van der Waals surface area contributed by atoms with Crippen molar-refractivity contribution in [3.05, 3.63) is 69.1 Å². The van der Waals surface area contributed by atoms with E-state index in [9.17, 15) is 13.2 Å². The van der Waals surface area contributed by atoms with E-state index < -0.39 is 16.1 Å². The Balaban J connectivity index is 1.60. The molecule has 1 aromatic heterocycles. The number of methoxy groups -OCH3 is 1. The lowest BCUT2D eigenvalue weighted by Crippen LogP contribution is -2.48. The predicted molar refractivity (Wildman–Crippen MR) is 144 cm³/mol. The van der Waals surface area contributed by atoms with Crippen molar-refractivity contribution >= 4 is 38.9 Å². The molecule has 0 aliphatic carbocycles. The third-order valence-corrected chi connectivity index (χ3v) is 9.62. The third-order valence-electron chi connectivity index (χ3n) is 6.28. The van der Waals surface area contributed by atoms with Crippen LogP contribution in [0.3, 0.4) is 0 Å². The molecule has 0 radical (unpaired) electrons. The molecule has 1 N–H and O–H groups in total.